The highest BCUT2D eigenvalue weighted by Crippen LogP contribution is 2.35. The second-order valence-corrected chi connectivity index (χ2v) is 9.34. The zero-order valence-corrected chi connectivity index (χ0v) is 17.2. The first-order valence-electron chi connectivity index (χ1n) is 9.02. The number of halogens is 1. The molecule has 0 spiro atoms. The fourth-order valence-electron chi connectivity index (χ4n) is 3.49. The summed E-state index contributed by atoms with van der Waals surface area (Å²) in [5.41, 5.74) is 3.85. The summed E-state index contributed by atoms with van der Waals surface area (Å²) in [4.78, 5) is 12.1. The van der Waals surface area contributed by atoms with Gasteiger partial charge in [-0.15, -0.1) is 0 Å². The van der Waals surface area contributed by atoms with Crippen LogP contribution in [0.2, 0.25) is 5.02 Å². The molecule has 0 aliphatic carbocycles. The van der Waals surface area contributed by atoms with Crippen LogP contribution in [0.25, 0.3) is 16.6 Å². The average molecular weight is 424 g/mol. The molecule has 0 aliphatic rings. The van der Waals surface area contributed by atoms with Gasteiger partial charge in [0.05, 0.1) is 16.3 Å². The summed E-state index contributed by atoms with van der Waals surface area (Å²) >= 11 is 6.21. The Morgan fingerprint density at radius 1 is 0.966 bits per heavy atom. The molecule has 146 valence electrons. The van der Waals surface area contributed by atoms with Crippen LogP contribution >= 0.6 is 11.6 Å². The first-order chi connectivity index (χ1) is 13.9. The van der Waals surface area contributed by atoms with E-state index in [1.807, 2.05) is 37.4 Å². The standard InChI is InChI=1S/C23H18ClNO3S/c1-16-7-9-19-12-20(22(14-26)25(19)13-16)21-11-18(24)8-10-23(21)29(27,28)15-17-5-3-2-4-6-17/h2-14H,15H2,1H3. The first kappa shape index (κ1) is 19.4. The Morgan fingerprint density at radius 2 is 1.72 bits per heavy atom. The van der Waals surface area contributed by atoms with Crippen molar-refractivity contribution < 1.29 is 13.2 Å². The lowest BCUT2D eigenvalue weighted by Crippen LogP contribution is -2.07. The number of aldehydes is 1. The van der Waals surface area contributed by atoms with Crippen molar-refractivity contribution in [3.63, 3.8) is 0 Å². The Labute approximate surface area is 174 Å². The molecule has 0 amide bonds. The van der Waals surface area contributed by atoms with Crippen molar-refractivity contribution in [2.24, 2.45) is 0 Å². The molecule has 4 rings (SSSR count). The molecular formula is C23H18ClNO3S. The third kappa shape index (κ3) is 3.71. The Morgan fingerprint density at radius 3 is 2.45 bits per heavy atom. The molecule has 0 bridgehead atoms. The highest BCUT2D eigenvalue weighted by molar-refractivity contribution is 7.90. The fourth-order valence-corrected chi connectivity index (χ4v) is 5.23. The summed E-state index contributed by atoms with van der Waals surface area (Å²) < 4.78 is 28.2. The number of aromatic nitrogens is 1. The summed E-state index contributed by atoms with van der Waals surface area (Å²) in [6.45, 7) is 1.93. The normalized spacial score (nSPS) is 11.7. The summed E-state index contributed by atoms with van der Waals surface area (Å²) in [5.74, 6) is -0.134. The number of nitrogens with zero attached hydrogens (tertiary/aromatic N) is 1. The molecule has 0 fully saturated rings. The van der Waals surface area contributed by atoms with Crippen LogP contribution in [0.1, 0.15) is 21.6 Å². The number of fused-ring (bicyclic) bond motifs is 1. The van der Waals surface area contributed by atoms with Gasteiger partial charge in [-0.25, -0.2) is 8.42 Å². The van der Waals surface area contributed by atoms with Gasteiger partial charge in [0.25, 0.3) is 0 Å². The van der Waals surface area contributed by atoms with E-state index in [4.69, 9.17) is 11.6 Å². The van der Waals surface area contributed by atoms with Crippen LogP contribution in [0.5, 0.6) is 0 Å². The smallest absolute Gasteiger partial charge is 0.183 e. The highest BCUT2D eigenvalue weighted by atomic mass is 35.5. The minimum absolute atomic E-state index is 0.134. The van der Waals surface area contributed by atoms with E-state index in [1.165, 1.54) is 6.07 Å². The number of carbonyl (C=O) groups excluding carboxylic acids is 1. The molecule has 2 heterocycles. The Bertz CT molecular complexity index is 1330. The van der Waals surface area contributed by atoms with E-state index >= 15 is 0 Å². The van der Waals surface area contributed by atoms with Crippen molar-refractivity contribution in [1.82, 2.24) is 4.40 Å². The molecule has 2 aromatic carbocycles. The van der Waals surface area contributed by atoms with Crippen LogP contribution in [0.15, 0.2) is 77.8 Å². The molecule has 2 aromatic heterocycles. The van der Waals surface area contributed by atoms with Gasteiger partial charge in [0.1, 0.15) is 0 Å². The maximum Gasteiger partial charge on any atom is 0.183 e. The SMILES string of the molecule is Cc1ccc2cc(-c3cc(Cl)ccc3S(=O)(=O)Cc3ccccc3)c(C=O)n2c1. The van der Waals surface area contributed by atoms with Crippen molar-refractivity contribution in [3.05, 3.63) is 94.8 Å². The second-order valence-electron chi connectivity index (χ2n) is 6.95. The first-order valence-corrected chi connectivity index (χ1v) is 11.1. The van der Waals surface area contributed by atoms with Crippen LogP contribution < -0.4 is 0 Å². The van der Waals surface area contributed by atoms with E-state index in [0.29, 0.717) is 27.4 Å². The maximum atomic E-state index is 13.2. The van der Waals surface area contributed by atoms with Gasteiger partial charge < -0.3 is 4.40 Å². The van der Waals surface area contributed by atoms with Crippen molar-refractivity contribution in [3.8, 4) is 11.1 Å². The highest BCUT2D eigenvalue weighted by Gasteiger charge is 2.23. The van der Waals surface area contributed by atoms with Gasteiger partial charge in [0, 0.05) is 27.9 Å². The number of sulfone groups is 1. The molecule has 0 unspecified atom stereocenters. The molecule has 0 atom stereocenters. The van der Waals surface area contributed by atoms with Gasteiger partial charge in [-0.2, -0.15) is 0 Å². The topological polar surface area (TPSA) is 55.6 Å². The molecule has 29 heavy (non-hydrogen) atoms. The lowest BCUT2D eigenvalue weighted by molar-refractivity contribution is 0.111. The summed E-state index contributed by atoms with van der Waals surface area (Å²) in [6.07, 6.45) is 2.60. The van der Waals surface area contributed by atoms with Crippen molar-refractivity contribution in [2.75, 3.05) is 0 Å². The van der Waals surface area contributed by atoms with E-state index < -0.39 is 9.84 Å². The molecule has 0 radical (unpaired) electrons. The molecule has 4 nitrogen and oxygen atoms in total. The number of hydrogen-bond acceptors (Lipinski definition) is 3. The molecule has 0 saturated heterocycles. The lowest BCUT2D eigenvalue weighted by Gasteiger charge is -2.11. The quantitative estimate of drug-likeness (QED) is 0.406. The monoisotopic (exact) mass is 423 g/mol. The van der Waals surface area contributed by atoms with E-state index in [-0.39, 0.29) is 10.6 Å². The molecular weight excluding hydrogens is 406 g/mol. The third-order valence-electron chi connectivity index (χ3n) is 4.83. The molecule has 6 heteroatoms. The molecule has 0 N–H and O–H groups in total. The number of pyridine rings is 1. The van der Waals surface area contributed by atoms with E-state index in [2.05, 4.69) is 0 Å². The van der Waals surface area contributed by atoms with Gasteiger partial charge in [0.15, 0.2) is 16.1 Å². The number of benzene rings is 2. The summed E-state index contributed by atoms with van der Waals surface area (Å²) in [5, 5.41) is 0.405. The largest absolute Gasteiger partial charge is 0.313 e. The number of aryl methyl sites for hydroxylation is 1. The predicted molar refractivity (Wildman–Crippen MR) is 115 cm³/mol. The van der Waals surface area contributed by atoms with Crippen molar-refractivity contribution in [2.45, 2.75) is 17.6 Å². The van der Waals surface area contributed by atoms with Gasteiger partial charge in [-0.05, 0) is 48.4 Å². The van der Waals surface area contributed by atoms with Crippen LogP contribution in [0.3, 0.4) is 0 Å². The lowest BCUT2D eigenvalue weighted by atomic mass is 10.1. The Balaban J connectivity index is 1.93. The molecule has 0 saturated carbocycles. The van der Waals surface area contributed by atoms with Gasteiger partial charge in [-0.1, -0.05) is 48.0 Å². The Hall–Kier alpha value is -2.89. The summed E-state index contributed by atoms with van der Waals surface area (Å²) in [7, 11) is -3.66. The second kappa shape index (κ2) is 7.50. The van der Waals surface area contributed by atoms with Crippen LogP contribution in [0, 0.1) is 6.92 Å². The van der Waals surface area contributed by atoms with Crippen LogP contribution in [-0.2, 0) is 15.6 Å². The number of hydrogen-bond donors (Lipinski definition) is 0. The fraction of sp³-hybridized carbons (Fsp3) is 0.0870. The van der Waals surface area contributed by atoms with E-state index in [1.54, 1.807) is 40.8 Å². The molecule has 0 aliphatic heterocycles. The van der Waals surface area contributed by atoms with Crippen molar-refractivity contribution in [1.29, 1.82) is 0 Å². The summed E-state index contributed by atoms with van der Waals surface area (Å²) in [6, 6.07) is 19.3. The van der Waals surface area contributed by atoms with Crippen LogP contribution in [-0.4, -0.2) is 19.1 Å². The van der Waals surface area contributed by atoms with Gasteiger partial charge in [-0.3, -0.25) is 4.79 Å². The van der Waals surface area contributed by atoms with E-state index in [9.17, 15) is 13.2 Å². The van der Waals surface area contributed by atoms with E-state index in [0.717, 1.165) is 17.4 Å². The maximum absolute atomic E-state index is 13.2. The zero-order chi connectivity index (χ0) is 20.6. The average Bonchev–Trinajstić information content (AvgIpc) is 3.05. The zero-order valence-electron chi connectivity index (χ0n) is 15.7. The minimum atomic E-state index is -3.66. The Kier molecular flexibility index (Phi) is 5.03. The number of rotatable bonds is 5. The van der Waals surface area contributed by atoms with Gasteiger partial charge >= 0.3 is 0 Å². The van der Waals surface area contributed by atoms with Crippen molar-refractivity contribution >= 4 is 33.2 Å². The van der Waals surface area contributed by atoms with Gasteiger partial charge in [0.2, 0.25) is 0 Å². The predicted octanol–water partition coefficient (Wildman–Crippen LogP) is 5.35. The minimum Gasteiger partial charge on any atom is -0.313 e. The molecule has 4 aromatic rings. The number of carbonyl (C=O) groups is 1. The van der Waals surface area contributed by atoms with Crippen LogP contribution in [0.4, 0.5) is 0 Å². The third-order valence-corrected chi connectivity index (χ3v) is 6.81.